The second-order valence-electron chi connectivity index (χ2n) is 8.55. The summed E-state index contributed by atoms with van der Waals surface area (Å²) in [6.45, 7) is 11.6. The molecular formula is C24H31N. The van der Waals surface area contributed by atoms with Gasteiger partial charge in [-0.25, -0.2) is 0 Å². The Morgan fingerprint density at radius 1 is 0.960 bits per heavy atom. The van der Waals surface area contributed by atoms with Gasteiger partial charge in [0.1, 0.15) is 0 Å². The fourth-order valence-electron chi connectivity index (χ4n) is 6.14. The van der Waals surface area contributed by atoms with Crippen molar-refractivity contribution in [3.8, 4) is 0 Å². The van der Waals surface area contributed by atoms with Gasteiger partial charge in [-0.2, -0.15) is 0 Å². The van der Waals surface area contributed by atoms with Crippen molar-refractivity contribution in [2.45, 2.75) is 77.8 Å². The van der Waals surface area contributed by atoms with E-state index in [-0.39, 0.29) is 0 Å². The van der Waals surface area contributed by atoms with E-state index in [9.17, 15) is 0 Å². The summed E-state index contributed by atoms with van der Waals surface area (Å²) in [5.41, 5.74) is 9.21. The number of rotatable bonds is 2. The number of anilines is 1. The molecule has 3 atom stereocenters. The van der Waals surface area contributed by atoms with E-state index in [4.69, 9.17) is 0 Å². The van der Waals surface area contributed by atoms with E-state index >= 15 is 0 Å². The van der Waals surface area contributed by atoms with Crippen LogP contribution >= 0.6 is 0 Å². The summed E-state index contributed by atoms with van der Waals surface area (Å²) in [4.78, 5) is 2.76. The molecule has 1 heteroatoms. The maximum Gasteiger partial charge on any atom is 0.0401 e. The van der Waals surface area contributed by atoms with Crippen LogP contribution in [0.25, 0.3) is 0 Å². The van der Waals surface area contributed by atoms with Crippen molar-refractivity contribution in [1.82, 2.24) is 0 Å². The van der Waals surface area contributed by atoms with Crippen LogP contribution in [-0.4, -0.2) is 12.1 Å². The molecule has 1 aliphatic carbocycles. The normalized spacial score (nSPS) is 28.4. The molecule has 0 aromatic heterocycles. The number of benzene rings is 2. The molecule has 2 aromatic rings. The van der Waals surface area contributed by atoms with E-state index in [0.717, 1.165) is 0 Å². The number of nitrogens with zero attached hydrogens (tertiary/aromatic N) is 1. The van der Waals surface area contributed by atoms with Gasteiger partial charge < -0.3 is 4.90 Å². The number of hydrogen-bond donors (Lipinski definition) is 0. The number of fused-ring (bicyclic) bond motifs is 2. The summed E-state index contributed by atoms with van der Waals surface area (Å²) in [6.07, 6.45) is 5.33. The van der Waals surface area contributed by atoms with E-state index in [0.29, 0.717) is 17.5 Å². The standard InChI is InChI=1S/C24H31N/c1-16-13-18(3)23(19(4)14-16)24-12-8-10-21(15-24)25(20(24)5)22-11-7-6-9-17(22)2/h6-7,9,11,13-14,20-21H,8,10,12,15H2,1-5H3/t20-,21?,24?/m0/s1. The maximum absolute atomic E-state index is 2.76. The van der Waals surface area contributed by atoms with E-state index in [1.807, 2.05) is 0 Å². The second kappa shape index (κ2) is 5.90. The molecule has 132 valence electrons. The van der Waals surface area contributed by atoms with E-state index < -0.39 is 0 Å². The van der Waals surface area contributed by atoms with Crippen LogP contribution in [0.3, 0.4) is 0 Å². The van der Waals surface area contributed by atoms with Gasteiger partial charge in [0.25, 0.3) is 0 Å². The zero-order valence-corrected chi connectivity index (χ0v) is 16.4. The van der Waals surface area contributed by atoms with Crippen molar-refractivity contribution in [1.29, 1.82) is 0 Å². The lowest BCUT2D eigenvalue weighted by Crippen LogP contribution is -2.41. The highest BCUT2D eigenvalue weighted by atomic mass is 15.2. The van der Waals surface area contributed by atoms with Crippen molar-refractivity contribution in [3.05, 3.63) is 64.2 Å². The van der Waals surface area contributed by atoms with Gasteiger partial charge in [0.05, 0.1) is 0 Å². The van der Waals surface area contributed by atoms with Gasteiger partial charge >= 0.3 is 0 Å². The average Bonchev–Trinajstić information content (AvgIpc) is 2.74. The molecule has 2 bridgehead atoms. The molecule has 4 rings (SSSR count). The minimum absolute atomic E-state index is 0.313. The van der Waals surface area contributed by atoms with Crippen LogP contribution in [0.15, 0.2) is 36.4 Å². The highest BCUT2D eigenvalue weighted by molar-refractivity contribution is 5.59. The maximum atomic E-state index is 2.76. The molecule has 1 aliphatic heterocycles. The molecule has 2 aliphatic rings. The van der Waals surface area contributed by atoms with Crippen LogP contribution < -0.4 is 4.90 Å². The van der Waals surface area contributed by atoms with Gasteiger partial charge in [0.15, 0.2) is 0 Å². The van der Waals surface area contributed by atoms with Crippen molar-refractivity contribution in [2.75, 3.05) is 4.90 Å². The highest BCUT2D eigenvalue weighted by Gasteiger charge is 2.53. The molecule has 2 unspecified atom stereocenters. The molecule has 1 nitrogen and oxygen atoms in total. The lowest BCUT2D eigenvalue weighted by molar-refractivity contribution is 0.318. The van der Waals surface area contributed by atoms with Gasteiger partial charge in [-0.05, 0) is 82.2 Å². The van der Waals surface area contributed by atoms with Crippen LogP contribution in [0.5, 0.6) is 0 Å². The molecule has 0 amide bonds. The molecule has 1 heterocycles. The van der Waals surface area contributed by atoms with Crippen LogP contribution in [0.2, 0.25) is 0 Å². The Hall–Kier alpha value is -1.76. The molecule has 1 saturated carbocycles. The minimum atomic E-state index is 0.313. The second-order valence-corrected chi connectivity index (χ2v) is 8.55. The number of aryl methyl sites for hydroxylation is 4. The van der Waals surface area contributed by atoms with Gasteiger partial charge in [-0.15, -0.1) is 0 Å². The number of para-hydroxylation sites is 1. The molecule has 0 N–H and O–H groups in total. The third-order valence-corrected chi connectivity index (χ3v) is 6.94. The van der Waals surface area contributed by atoms with Crippen molar-refractivity contribution < 1.29 is 0 Å². The quantitative estimate of drug-likeness (QED) is 0.650. The van der Waals surface area contributed by atoms with E-state index in [2.05, 4.69) is 75.9 Å². The van der Waals surface area contributed by atoms with Gasteiger partial charge in [0.2, 0.25) is 0 Å². The Labute approximate surface area is 153 Å². The topological polar surface area (TPSA) is 3.24 Å². The lowest BCUT2D eigenvalue weighted by Gasteiger charge is -2.39. The summed E-state index contributed by atoms with van der Waals surface area (Å²) >= 11 is 0. The van der Waals surface area contributed by atoms with Crippen molar-refractivity contribution >= 4 is 5.69 Å². The predicted molar refractivity (Wildman–Crippen MR) is 108 cm³/mol. The zero-order chi connectivity index (χ0) is 17.8. The number of hydrogen-bond acceptors (Lipinski definition) is 1. The lowest BCUT2D eigenvalue weighted by atomic mass is 9.65. The molecular weight excluding hydrogens is 302 g/mol. The minimum Gasteiger partial charge on any atom is -0.365 e. The fraction of sp³-hybridized carbons (Fsp3) is 0.500. The summed E-state index contributed by atoms with van der Waals surface area (Å²) in [7, 11) is 0. The Bertz CT molecular complexity index is 782. The molecule has 0 spiro atoms. The van der Waals surface area contributed by atoms with Crippen molar-refractivity contribution in [2.24, 2.45) is 0 Å². The van der Waals surface area contributed by atoms with Crippen LogP contribution in [0, 0.1) is 27.7 Å². The molecule has 1 saturated heterocycles. The van der Waals surface area contributed by atoms with Gasteiger partial charge in [-0.3, -0.25) is 0 Å². The average molecular weight is 334 g/mol. The monoisotopic (exact) mass is 333 g/mol. The first-order valence-corrected chi connectivity index (χ1v) is 9.86. The molecule has 0 radical (unpaired) electrons. The SMILES string of the molecule is Cc1cc(C)c(C23CCCC(C2)N(c2ccccc2C)[C@H]3C)c(C)c1. The first-order valence-electron chi connectivity index (χ1n) is 9.86. The van der Waals surface area contributed by atoms with E-state index in [1.165, 1.54) is 53.6 Å². The summed E-state index contributed by atoms with van der Waals surface area (Å²) in [5.74, 6) is 0. The Kier molecular flexibility index (Phi) is 3.94. The summed E-state index contributed by atoms with van der Waals surface area (Å²) in [5, 5.41) is 0. The molecule has 2 aromatic carbocycles. The highest BCUT2D eigenvalue weighted by Crippen LogP contribution is 2.54. The molecule has 25 heavy (non-hydrogen) atoms. The van der Waals surface area contributed by atoms with Crippen LogP contribution in [-0.2, 0) is 5.41 Å². The first-order chi connectivity index (χ1) is 11.9. The van der Waals surface area contributed by atoms with Crippen LogP contribution in [0.4, 0.5) is 5.69 Å². The molecule has 2 fully saturated rings. The third kappa shape index (κ3) is 2.43. The zero-order valence-electron chi connectivity index (χ0n) is 16.4. The first kappa shape index (κ1) is 16.7. The van der Waals surface area contributed by atoms with Gasteiger partial charge in [0, 0.05) is 23.2 Å². The largest absolute Gasteiger partial charge is 0.365 e. The third-order valence-electron chi connectivity index (χ3n) is 6.94. The Morgan fingerprint density at radius 3 is 2.32 bits per heavy atom. The Morgan fingerprint density at radius 2 is 1.64 bits per heavy atom. The smallest absolute Gasteiger partial charge is 0.0401 e. The predicted octanol–water partition coefficient (Wildman–Crippen LogP) is 6.01. The summed E-state index contributed by atoms with van der Waals surface area (Å²) in [6, 6.07) is 15.0. The van der Waals surface area contributed by atoms with Crippen LogP contribution in [0.1, 0.15) is 60.4 Å². The van der Waals surface area contributed by atoms with E-state index in [1.54, 1.807) is 5.56 Å². The van der Waals surface area contributed by atoms with Gasteiger partial charge in [-0.1, -0.05) is 42.3 Å². The Balaban J connectivity index is 1.85. The fourth-order valence-corrected chi connectivity index (χ4v) is 6.14. The summed E-state index contributed by atoms with van der Waals surface area (Å²) < 4.78 is 0. The van der Waals surface area contributed by atoms with Crippen molar-refractivity contribution in [3.63, 3.8) is 0 Å².